The molecule has 0 bridgehead atoms. The predicted molar refractivity (Wildman–Crippen MR) is 124 cm³/mol. The van der Waals surface area contributed by atoms with Gasteiger partial charge in [0, 0.05) is 12.1 Å². The van der Waals surface area contributed by atoms with Gasteiger partial charge >= 0.3 is 0 Å². The van der Waals surface area contributed by atoms with Crippen molar-refractivity contribution in [2.45, 2.75) is 25.3 Å². The van der Waals surface area contributed by atoms with Crippen LogP contribution in [0.15, 0.2) is 76.7 Å². The maximum atomic E-state index is 12.3. The minimum absolute atomic E-state index is 0.00963. The van der Waals surface area contributed by atoms with Crippen LogP contribution in [0.5, 0.6) is 11.5 Å². The lowest BCUT2D eigenvalue weighted by Crippen LogP contribution is -2.18. The highest BCUT2D eigenvalue weighted by Crippen LogP contribution is 2.29. The Labute approximate surface area is 191 Å². The summed E-state index contributed by atoms with van der Waals surface area (Å²) < 4.78 is 36.1. The van der Waals surface area contributed by atoms with E-state index in [0.29, 0.717) is 23.7 Å². The van der Waals surface area contributed by atoms with Gasteiger partial charge in [-0.05, 0) is 67.4 Å². The number of nitro benzene ring substituents is 1. The molecule has 0 radical (unpaired) electrons. The Kier molecular flexibility index (Phi) is 7.62. The van der Waals surface area contributed by atoms with Crippen LogP contribution in [0, 0.1) is 17.0 Å². The quantitative estimate of drug-likeness (QED) is 0.270. The van der Waals surface area contributed by atoms with Crippen molar-refractivity contribution in [1.82, 2.24) is 4.83 Å². The highest BCUT2D eigenvalue weighted by molar-refractivity contribution is 7.89. The SMILES string of the molecule is CCOc1cc(/C=N\NS(=O)(=O)c2ccc(C)cc2)ccc1OCc1ccc([N+](=O)[O-])cc1. The Balaban J connectivity index is 1.68. The molecule has 0 heterocycles. The molecule has 33 heavy (non-hydrogen) atoms. The van der Waals surface area contributed by atoms with Crippen molar-refractivity contribution in [3.63, 3.8) is 0 Å². The maximum Gasteiger partial charge on any atom is 0.276 e. The summed E-state index contributed by atoms with van der Waals surface area (Å²) in [5.74, 6) is 0.942. The van der Waals surface area contributed by atoms with E-state index in [2.05, 4.69) is 9.93 Å². The molecule has 10 heteroatoms. The number of hydrogen-bond donors (Lipinski definition) is 1. The van der Waals surface area contributed by atoms with E-state index >= 15 is 0 Å². The van der Waals surface area contributed by atoms with Gasteiger partial charge in [-0.3, -0.25) is 10.1 Å². The molecule has 0 spiro atoms. The second-order valence-corrected chi connectivity index (χ2v) is 8.68. The maximum absolute atomic E-state index is 12.3. The van der Waals surface area contributed by atoms with Gasteiger partial charge in [-0.2, -0.15) is 13.5 Å². The summed E-state index contributed by atoms with van der Waals surface area (Å²) in [5, 5.41) is 14.6. The number of nitrogens with zero attached hydrogens (tertiary/aromatic N) is 2. The summed E-state index contributed by atoms with van der Waals surface area (Å²) in [7, 11) is -3.77. The zero-order valence-electron chi connectivity index (χ0n) is 18.1. The molecule has 0 aliphatic heterocycles. The van der Waals surface area contributed by atoms with Crippen molar-refractivity contribution in [3.05, 3.63) is 93.5 Å². The van der Waals surface area contributed by atoms with Gasteiger partial charge in [-0.1, -0.05) is 17.7 Å². The first-order valence-corrected chi connectivity index (χ1v) is 11.5. The van der Waals surface area contributed by atoms with Crippen LogP contribution in [0.3, 0.4) is 0 Å². The standard InChI is InChI=1S/C23H23N3O6S/c1-3-31-23-14-19(15-24-25-33(29,30)21-11-4-17(2)5-12-21)8-13-22(23)32-16-18-6-9-20(10-7-18)26(27)28/h4-15,25H,3,16H2,1-2H3/b24-15-. The molecule has 0 amide bonds. The third-order valence-corrected chi connectivity index (χ3v) is 5.77. The molecule has 0 unspecified atom stereocenters. The molecule has 3 rings (SSSR count). The number of sulfonamides is 1. The number of ether oxygens (including phenoxy) is 2. The Morgan fingerprint density at radius 3 is 2.33 bits per heavy atom. The van der Waals surface area contributed by atoms with Crippen molar-refractivity contribution >= 4 is 21.9 Å². The fourth-order valence-electron chi connectivity index (χ4n) is 2.81. The number of non-ortho nitro benzene ring substituents is 1. The van der Waals surface area contributed by atoms with Crippen LogP contribution >= 0.6 is 0 Å². The lowest BCUT2D eigenvalue weighted by atomic mass is 10.2. The van der Waals surface area contributed by atoms with E-state index in [9.17, 15) is 18.5 Å². The largest absolute Gasteiger partial charge is 0.490 e. The fraction of sp³-hybridized carbons (Fsp3) is 0.174. The second kappa shape index (κ2) is 10.6. The van der Waals surface area contributed by atoms with Crippen LogP contribution in [0.25, 0.3) is 0 Å². The van der Waals surface area contributed by atoms with Crippen LogP contribution in [0.2, 0.25) is 0 Å². The number of nitrogens with one attached hydrogen (secondary N) is 1. The Hall–Kier alpha value is -3.92. The molecule has 0 aromatic heterocycles. The van der Waals surface area contributed by atoms with Crippen LogP contribution < -0.4 is 14.3 Å². The van der Waals surface area contributed by atoms with Crippen LogP contribution in [0.1, 0.15) is 23.6 Å². The van der Waals surface area contributed by atoms with Gasteiger partial charge in [0.05, 0.1) is 22.6 Å². The zero-order valence-corrected chi connectivity index (χ0v) is 18.9. The molecule has 172 valence electrons. The number of rotatable bonds is 10. The molecule has 1 N–H and O–H groups in total. The predicted octanol–water partition coefficient (Wildman–Crippen LogP) is 4.19. The highest BCUT2D eigenvalue weighted by Gasteiger charge is 2.12. The molecule has 0 aliphatic carbocycles. The van der Waals surface area contributed by atoms with Gasteiger partial charge < -0.3 is 9.47 Å². The molecular formula is C23H23N3O6S. The Bertz CT molecular complexity index is 1240. The lowest BCUT2D eigenvalue weighted by Gasteiger charge is -2.12. The van der Waals surface area contributed by atoms with E-state index < -0.39 is 14.9 Å². The fourth-order valence-corrected chi connectivity index (χ4v) is 3.60. The van der Waals surface area contributed by atoms with Crippen LogP contribution in [0.4, 0.5) is 5.69 Å². The number of hydrogen-bond acceptors (Lipinski definition) is 7. The molecule has 3 aromatic carbocycles. The van der Waals surface area contributed by atoms with Gasteiger partial charge in [0.1, 0.15) is 6.61 Å². The van der Waals surface area contributed by atoms with Crippen molar-refractivity contribution < 1.29 is 22.8 Å². The number of benzene rings is 3. The third kappa shape index (κ3) is 6.53. The van der Waals surface area contributed by atoms with Crippen LogP contribution in [-0.4, -0.2) is 26.2 Å². The summed E-state index contributed by atoms with van der Waals surface area (Å²) >= 11 is 0. The van der Waals surface area contributed by atoms with Gasteiger partial charge in [0.2, 0.25) is 0 Å². The summed E-state index contributed by atoms with van der Waals surface area (Å²) in [5.41, 5.74) is 2.33. The van der Waals surface area contributed by atoms with Crippen LogP contribution in [-0.2, 0) is 16.6 Å². The van der Waals surface area contributed by atoms with Gasteiger partial charge in [0.15, 0.2) is 11.5 Å². The Morgan fingerprint density at radius 1 is 1.00 bits per heavy atom. The molecule has 0 saturated carbocycles. The van der Waals surface area contributed by atoms with E-state index in [4.69, 9.17) is 9.47 Å². The molecule has 0 atom stereocenters. The number of nitro groups is 1. The van der Waals surface area contributed by atoms with E-state index in [1.807, 2.05) is 13.8 Å². The minimum atomic E-state index is -3.77. The second-order valence-electron chi connectivity index (χ2n) is 7.02. The van der Waals surface area contributed by atoms with Gasteiger partial charge in [-0.25, -0.2) is 4.83 Å². The van der Waals surface area contributed by atoms with Crippen molar-refractivity contribution in [1.29, 1.82) is 0 Å². The number of aryl methyl sites for hydroxylation is 1. The average molecular weight is 470 g/mol. The molecule has 0 fully saturated rings. The van der Waals surface area contributed by atoms with E-state index in [1.165, 1.54) is 30.5 Å². The van der Waals surface area contributed by atoms with Gasteiger partial charge in [0.25, 0.3) is 15.7 Å². The summed E-state index contributed by atoms with van der Waals surface area (Å²) in [6, 6.07) is 17.6. The van der Waals surface area contributed by atoms with Crippen molar-refractivity contribution in [2.75, 3.05) is 6.61 Å². The zero-order chi connectivity index (χ0) is 23.8. The first-order chi connectivity index (χ1) is 15.8. The topological polar surface area (TPSA) is 120 Å². The smallest absolute Gasteiger partial charge is 0.276 e. The van der Waals surface area contributed by atoms with Gasteiger partial charge in [-0.15, -0.1) is 0 Å². The van der Waals surface area contributed by atoms with E-state index in [0.717, 1.165) is 11.1 Å². The average Bonchev–Trinajstić information content (AvgIpc) is 2.79. The molecular weight excluding hydrogens is 446 g/mol. The first kappa shape index (κ1) is 23.7. The first-order valence-electron chi connectivity index (χ1n) is 10.0. The number of hydrazone groups is 1. The Morgan fingerprint density at radius 2 is 1.70 bits per heavy atom. The third-order valence-electron chi connectivity index (χ3n) is 4.53. The molecule has 0 aliphatic rings. The lowest BCUT2D eigenvalue weighted by molar-refractivity contribution is -0.384. The molecule has 3 aromatic rings. The van der Waals surface area contributed by atoms with Crippen molar-refractivity contribution in [3.8, 4) is 11.5 Å². The molecule has 0 saturated heterocycles. The summed E-state index contributed by atoms with van der Waals surface area (Å²) in [6.45, 7) is 4.30. The highest BCUT2D eigenvalue weighted by atomic mass is 32.2. The minimum Gasteiger partial charge on any atom is -0.490 e. The van der Waals surface area contributed by atoms with Crippen molar-refractivity contribution in [2.24, 2.45) is 5.10 Å². The summed E-state index contributed by atoms with van der Waals surface area (Å²) in [4.78, 5) is 12.6. The molecule has 9 nitrogen and oxygen atoms in total. The monoisotopic (exact) mass is 469 g/mol. The van der Waals surface area contributed by atoms with E-state index in [-0.39, 0.29) is 17.2 Å². The summed E-state index contributed by atoms with van der Waals surface area (Å²) in [6.07, 6.45) is 1.37. The van der Waals surface area contributed by atoms with E-state index in [1.54, 1.807) is 42.5 Å². The normalized spacial score (nSPS) is 11.3.